The van der Waals surface area contributed by atoms with Crippen LogP contribution < -0.4 is 0 Å². The summed E-state index contributed by atoms with van der Waals surface area (Å²) in [7, 11) is 0. The first kappa shape index (κ1) is 13.8. The third-order valence-electron chi connectivity index (χ3n) is 2.74. The van der Waals surface area contributed by atoms with Gasteiger partial charge in [-0.2, -0.15) is 0 Å². The molecule has 0 N–H and O–H groups in total. The third kappa shape index (κ3) is 3.03. The molecule has 0 heterocycles. The predicted octanol–water partition coefficient (Wildman–Crippen LogP) is 3.30. The molecular formula is C14H9F2NO3. The van der Waals surface area contributed by atoms with Crippen molar-refractivity contribution in [2.75, 3.05) is 0 Å². The molecule has 0 unspecified atom stereocenters. The lowest BCUT2D eigenvalue weighted by Crippen LogP contribution is -2.06. The predicted molar refractivity (Wildman–Crippen MR) is 67.5 cm³/mol. The van der Waals surface area contributed by atoms with Gasteiger partial charge in [0.05, 0.1) is 10.5 Å². The molecule has 0 saturated carbocycles. The van der Waals surface area contributed by atoms with Crippen molar-refractivity contribution in [2.45, 2.75) is 6.42 Å². The number of hydrogen-bond acceptors (Lipinski definition) is 3. The summed E-state index contributed by atoms with van der Waals surface area (Å²) in [5, 5.41) is 10.5. The maximum absolute atomic E-state index is 13.4. The minimum Gasteiger partial charge on any atom is -0.294 e. The quantitative estimate of drug-likeness (QED) is 0.489. The second-order valence-electron chi connectivity index (χ2n) is 4.15. The lowest BCUT2D eigenvalue weighted by atomic mass is 10.0. The van der Waals surface area contributed by atoms with Crippen LogP contribution in [0.5, 0.6) is 0 Å². The number of non-ortho nitro benzene ring substituents is 1. The van der Waals surface area contributed by atoms with E-state index in [1.54, 1.807) is 0 Å². The summed E-state index contributed by atoms with van der Waals surface area (Å²) in [6.45, 7) is 0. The Morgan fingerprint density at radius 2 is 1.75 bits per heavy atom. The number of nitro groups is 1. The van der Waals surface area contributed by atoms with Crippen LogP contribution in [0.1, 0.15) is 15.9 Å². The number of ketones is 1. The molecule has 0 aliphatic heterocycles. The first-order valence-corrected chi connectivity index (χ1v) is 5.69. The van der Waals surface area contributed by atoms with Crippen LogP contribution in [0.3, 0.4) is 0 Å². The first-order chi connectivity index (χ1) is 9.47. The SMILES string of the molecule is O=C(Cc1ccc([N+](=O)[O-])cc1)c1cc(F)ccc1F. The normalized spacial score (nSPS) is 10.3. The molecule has 2 aromatic rings. The zero-order valence-corrected chi connectivity index (χ0v) is 10.2. The zero-order chi connectivity index (χ0) is 14.7. The van der Waals surface area contributed by atoms with E-state index in [2.05, 4.69) is 0 Å². The van der Waals surface area contributed by atoms with Gasteiger partial charge in [-0.05, 0) is 23.8 Å². The van der Waals surface area contributed by atoms with Crippen LogP contribution in [0.2, 0.25) is 0 Å². The second-order valence-corrected chi connectivity index (χ2v) is 4.15. The van der Waals surface area contributed by atoms with Crippen molar-refractivity contribution in [3.63, 3.8) is 0 Å². The van der Waals surface area contributed by atoms with Crippen molar-refractivity contribution in [3.05, 3.63) is 75.3 Å². The first-order valence-electron chi connectivity index (χ1n) is 5.69. The number of halogens is 2. The maximum Gasteiger partial charge on any atom is 0.269 e. The van der Waals surface area contributed by atoms with Crippen molar-refractivity contribution in [1.82, 2.24) is 0 Å². The number of nitrogens with zero attached hydrogens (tertiary/aromatic N) is 1. The molecule has 0 aromatic heterocycles. The fraction of sp³-hybridized carbons (Fsp3) is 0.0714. The van der Waals surface area contributed by atoms with E-state index in [1.165, 1.54) is 24.3 Å². The lowest BCUT2D eigenvalue weighted by molar-refractivity contribution is -0.384. The largest absolute Gasteiger partial charge is 0.294 e. The van der Waals surface area contributed by atoms with Crippen LogP contribution in [0.15, 0.2) is 42.5 Å². The molecular weight excluding hydrogens is 268 g/mol. The van der Waals surface area contributed by atoms with Gasteiger partial charge in [0.2, 0.25) is 0 Å². The van der Waals surface area contributed by atoms with E-state index in [4.69, 9.17) is 0 Å². The average Bonchev–Trinajstić information content (AvgIpc) is 2.42. The highest BCUT2D eigenvalue weighted by atomic mass is 19.1. The highest BCUT2D eigenvalue weighted by molar-refractivity contribution is 5.97. The van der Waals surface area contributed by atoms with Gasteiger partial charge in [-0.3, -0.25) is 14.9 Å². The summed E-state index contributed by atoms with van der Waals surface area (Å²) in [6, 6.07) is 7.98. The van der Waals surface area contributed by atoms with E-state index in [9.17, 15) is 23.7 Å². The smallest absolute Gasteiger partial charge is 0.269 e. The highest BCUT2D eigenvalue weighted by Gasteiger charge is 2.14. The Bertz CT molecular complexity index is 669. The highest BCUT2D eigenvalue weighted by Crippen LogP contribution is 2.16. The summed E-state index contributed by atoms with van der Waals surface area (Å²) < 4.78 is 26.4. The number of rotatable bonds is 4. The molecule has 0 radical (unpaired) electrons. The van der Waals surface area contributed by atoms with E-state index in [-0.39, 0.29) is 17.7 Å². The molecule has 2 rings (SSSR count). The fourth-order valence-electron chi connectivity index (χ4n) is 1.73. The molecule has 4 nitrogen and oxygen atoms in total. The minimum atomic E-state index is -0.793. The van der Waals surface area contributed by atoms with E-state index >= 15 is 0 Å². The molecule has 2 aromatic carbocycles. The van der Waals surface area contributed by atoms with Crippen molar-refractivity contribution >= 4 is 11.5 Å². The Hall–Kier alpha value is -2.63. The topological polar surface area (TPSA) is 60.2 Å². The average molecular weight is 277 g/mol. The Labute approximate surface area is 112 Å². The zero-order valence-electron chi connectivity index (χ0n) is 10.2. The number of nitro benzene ring substituents is 1. The van der Waals surface area contributed by atoms with E-state index in [0.717, 1.165) is 18.2 Å². The van der Waals surface area contributed by atoms with Gasteiger partial charge in [0, 0.05) is 18.6 Å². The van der Waals surface area contributed by atoms with Gasteiger partial charge in [-0.1, -0.05) is 12.1 Å². The van der Waals surface area contributed by atoms with Crippen LogP contribution >= 0.6 is 0 Å². The Kier molecular flexibility index (Phi) is 3.84. The van der Waals surface area contributed by atoms with Gasteiger partial charge >= 0.3 is 0 Å². The fourth-order valence-corrected chi connectivity index (χ4v) is 1.73. The summed E-state index contributed by atoms with van der Waals surface area (Å²) in [6.07, 6.45) is -0.154. The van der Waals surface area contributed by atoms with Crippen molar-refractivity contribution < 1.29 is 18.5 Å². The van der Waals surface area contributed by atoms with Gasteiger partial charge in [0.1, 0.15) is 11.6 Å². The minimum absolute atomic E-state index is 0.0989. The number of carbonyl (C=O) groups excluding carboxylic acids is 1. The maximum atomic E-state index is 13.4. The van der Waals surface area contributed by atoms with E-state index < -0.39 is 22.3 Å². The van der Waals surface area contributed by atoms with Gasteiger partial charge in [-0.25, -0.2) is 8.78 Å². The van der Waals surface area contributed by atoms with Crippen molar-refractivity contribution in [1.29, 1.82) is 0 Å². The monoisotopic (exact) mass is 277 g/mol. The molecule has 0 saturated heterocycles. The lowest BCUT2D eigenvalue weighted by Gasteiger charge is -2.03. The molecule has 0 spiro atoms. The van der Waals surface area contributed by atoms with Crippen molar-refractivity contribution in [2.24, 2.45) is 0 Å². The van der Waals surface area contributed by atoms with E-state index in [0.29, 0.717) is 5.56 Å². The van der Waals surface area contributed by atoms with Crippen LogP contribution in [0, 0.1) is 21.7 Å². The Morgan fingerprint density at radius 3 is 2.35 bits per heavy atom. The van der Waals surface area contributed by atoms with Gasteiger partial charge in [0.15, 0.2) is 5.78 Å². The standard InChI is InChI=1S/C14H9F2NO3/c15-10-3-6-13(16)12(8-10)14(18)7-9-1-4-11(5-2-9)17(19)20/h1-6,8H,7H2. The number of hydrogen-bond donors (Lipinski definition) is 0. The Morgan fingerprint density at radius 1 is 1.10 bits per heavy atom. The van der Waals surface area contributed by atoms with Crippen LogP contribution in [0.25, 0.3) is 0 Å². The van der Waals surface area contributed by atoms with Gasteiger partial charge in [0.25, 0.3) is 5.69 Å². The molecule has 20 heavy (non-hydrogen) atoms. The number of Topliss-reactive ketones (excluding diaryl/α,β-unsaturated/α-hetero) is 1. The molecule has 0 fully saturated rings. The number of carbonyl (C=O) groups is 1. The van der Waals surface area contributed by atoms with Crippen LogP contribution in [-0.4, -0.2) is 10.7 Å². The molecule has 102 valence electrons. The van der Waals surface area contributed by atoms with Crippen LogP contribution in [-0.2, 0) is 6.42 Å². The molecule has 0 atom stereocenters. The molecule has 0 aliphatic rings. The second kappa shape index (κ2) is 5.56. The number of benzene rings is 2. The third-order valence-corrected chi connectivity index (χ3v) is 2.74. The molecule has 0 bridgehead atoms. The molecule has 0 aliphatic carbocycles. The van der Waals surface area contributed by atoms with E-state index in [1.807, 2.05) is 0 Å². The Balaban J connectivity index is 2.19. The van der Waals surface area contributed by atoms with Gasteiger partial charge < -0.3 is 0 Å². The van der Waals surface area contributed by atoms with Gasteiger partial charge in [-0.15, -0.1) is 0 Å². The summed E-state index contributed by atoms with van der Waals surface area (Å²) in [4.78, 5) is 21.8. The molecule has 0 amide bonds. The summed E-state index contributed by atoms with van der Waals surface area (Å²) in [5.74, 6) is -2.08. The van der Waals surface area contributed by atoms with Crippen LogP contribution in [0.4, 0.5) is 14.5 Å². The molecule has 6 heteroatoms. The summed E-state index contributed by atoms with van der Waals surface area (Å²) >= 11 is 0. The summed E-state index contributed by atoms with van der Waals surface area (Å²) in [5.41, 5.74) is 0.0609. The van der Waals surface area contributed by atoms with Crippen molar-refractivity contribution in [3.8, 4) is 0 Å².